The molecule has 2 aliphatic rings. The number of alkyl halides is 2. The Balaban J connectivity index is 2.04. The van der Waals surface area contributed by atoms with Gasteiger partial charge >= 0.3 is 0 Å². The molecule has 3 heteroatoms. The van der Waals surface area contributed by atoms with Crippen LogP contribution in [0.15, 0.2) is 24.3 Å². The first kappa shape index (κ1) is 12.1. The maximum Gasteiger partial charge on any atom is 0.257 e. The average Bonchev–Trinajstić information content (AvgIpc) is 2.61. The van der Waals surface area contributed by atoms with Gasteiger partial charge in [-0.1, -0.05) is 24.3 Å². The lowest BCUT2D eigenvalue weighted by Crippen LogP contribution is -2.57. The van der Waals surface area contributed by atoms with Gasteiger partial charge in [-0.15, -0.1) is 0 Å². The van der Waals surface area contributed by atoms with Gasteiger partial charge in [-0.3, -0.25) is 0 Å². The lowest BCUT2D eigenvalue weighted by atomic mass is 9.79. The highest BCUT2D eigenvalue weighted by atomic mass is 19.3. The van der Waals surface area contributed by atoms with Crippen molar-refractivity contribution in [3.8, 4) is 0 Å². The highest BCUT2D eigenvalue weighted by Gasteiger charge is 2.56. The lowest BCUT2D eigenvalue weighted by Gasteiger charge is -2.38. The standard InChI is InChI=1S/C15H19F2N/c1-18-15(14(16)17)12-6-7-13(15)9-11-5-3-2-4-10(11)8-12/h2-5,12-14,18H,6-9H2,1H3. The first-order valence-electron chi connectivity index (χ1n) is 6.72. The van der Waals surface area contributed by atoms with Crippen molar-refractivity contribution >= 4 is 0 Å². The first-order valence-corrected chi connectivity index (χ1v) is 6.72. The van der Waals surface area contributed by atoms with E-state index in [1.807, 2.05) is 12.1 Å². The molecule has 1 fully saturated rings. The molecular weight excluding hydrogens is 232 g/mol. The lowest BCUT2D eigenvalue weighted by molar-refractivity contribution is -0.0136. The van der Waals surface area contributed by atoms with Gasteiger partial charge in [-0.2, -0.15) is 0 Å². The minimum atomic E-state index is -2.28. The third-order valence-corrected chi connectivity index (χ3v) is 5.06. The maximum absolute atomic E-state index is 13.7. The normalized spacial score (nSPS) is 34.4. The van der Waals surface area contributed by atoms with Crippen LogP contribution in [0.3, 0.4) is 0 Å². The van der Waals surface area contributed by atoms with Gasteiger partial charge in [0.05, 0.1) is 5.54 Å². The van der Waals surface area contributed by atoms with Crippen LogP contribution in [0.1, 0.15) is 24.0 Å². The van der Waals surface area contributed by atoms with Crippen molar-refractivity contribution in [3.05, 3.63) is 35.4 Å². The SMILES string of the molecule is CNC1(C(F)F)C2CCC1Cc1ccccc1C2. The van der Waals surface area contributed by atoms with E-state index in [1.54, 1.807) is 7.05 Å². The van der Waals surface area contributed by atoms with Gasteiger partial charge in [0.1, 0.15) is 0 Å². The van der Waals surface area contributed by atoms with Gasteiger partial charge in [0, 0.05) is 0 Å². The molecule has 98 valence electrons. The fourth-order valence-corrected chi connectivity index (χ4v) is 4.12. The summed E-state index contributed by atoms with van der Waals surface area (Å²) in [5.41, 5.74) is 1.56. The van der Waals surface area contributed by atoms with Crippen LogP contribution in [-0.4, -0.2) is 19.0 Å². The molecule has 1 aromatic rings. The largest absolute Gasteiger partial charge is 0.309 e. The van der Waals surface area contributed by atoms with Crippen molar-refractivity contribution in [1.82, 2.24) is 5.32 Å². The summed E-state index contributed by atoms with van der Waals surface area (Å²) >= 11 is 0. The van der Waals surface area contributed by atoms with Crippen LogP contribution in [0.2, 0.25) is 0 Å². The van der Waals surface area contributed by atoms with Gasteiger partial charge < -0.3 is 5.32 Å². The van der Waals surface area contributed by atoms with Gasteiger partial charge in [0.15, 0.2) is 0 Å². The number of hydrogen-bond acceptors (Lipinski definition) is 1. The van der Waals surface area contributed by atoms with Crippen LogP contribution in [0.4, 0.5) is 8.78 Å². The summed E-state index contributed by atoms with van der Waals surface area (Å²) in [6.07, 6.45) is 1.14. The molecule has 0 spiro atoms. The average molecular weight is 251 g/mol. The first-order chi connectivity index (χ1) is 8.68. The Bertz CT molecular complexity index is 411. The van der Waals surface area contributed by atoms with E-state index >= 15 is 0 Å². The Morgan fingerprint density at radius 3 is 2.00 bits per heavy atom. The Hall–Kier alpha value is -0.960. The molecule has 1 N–H and O–H groups in total. The predicted molar refractivity (Wildman–Crippen MR) is 67.9 cm³/mol. The summed E-state index contributed by atoms with van der Waals surface area (Å²) in [5.74, 6) is 0.132. The van der Waals surface area contributed by atoms with Crippen LogP contribution < -0.4 is 5.32 Å². The number of nitrogens with one attached hydrogen (secondary N) is 1. The monoisotopic (exact) mass is 251 g/mol. The van der Waals surface area contributed by atoms with Crippen LogP contribution in [0.25, 0.3) is 0 Å². The molecule has 1 nitrogen and oxygen atoms in total. The van der Waals surface area contributed by atoms with Crippen LogP contribution in [-0.2, 0) is 12.8 Å². The summed E-state index contributed by atoms with van der Waals surface area (Å²) in [6, 6.07) is 8.23. The molecule has 1 saturated carbocycles. The van der Waals surface area contributed by atoms with Gasteiger partial charge in [0.25, 0.3) is 6.43 Å². The summed E-state index contributed by atoms with van der Waals surface area (Å²) in [6.45, 7) is 0. The van der Waals surface area contributed by atoms with Gasteiger partial charge in [-0.05, 0) is 55.7 Å². The van der Waals surface area contributed by atoms with Gasteiger partial charge in [0.2, 0.25) is 0 Å². The topological polar surface area (TPSA) is 12.0 Å². The summed E-state index contributed by atoms with van der Waals surface area (Å²) in [4.78, 5) is 0. The zero-order chi connectivity index (χ0) is 12.8. The zero-order valence-electron chi connectivity index (χ0n) is 10.6. The molecule has 18 heavy (non-hydrogen) atoms. The van der Waals surface area contributed by atoms with Gasteiger partial charge in [-0.25, -0.2) is 8.78 Å². The molecule has 0 saturated heterocycles. The van der Waals surface area contributed by atoms with E-state index in [4.69, 9.17) is 0 Å². The van der Waals surface area contributed by atoms with E-state index in [0.717, 1.165) is 25.7 Å². The second-order valence-corrected chi connectivity index (χ2v) is 5.63. The summed E-state index contributed by atoms with van der Waals surface area (Å²) < 4.78 is 27.3. The smallest absolute Gasteiger partial charge is 0.257 e. The van der Waals surface area contributed by atoms with Crippen molar-refractivity contribution in [3.63, 3.8) is 0 Å². The molecule has 2 unspecified atom stereocenters. The van der Waals surface area contributed by atoms with E-state index in [1.165, 1.54) is 11.1 Å². The second-order valence-electron chi connectivity index (χ2n) is 5.63. The van der Waals surface area contributed by atoms with E-state index in [-0.39, 0.29) is 11.8 Å². The van der Waals surface area contributed by atoms with Crippen molar-refractivity contribution < 1.29 is 8.78 Å². The molecular formula is C15H19F2N. The van der Waals surface area contributed by atoms with E-state index < -0.39 is 12.0 Å². The molecule has 0 amide bonds. The number of hydrogen-bond donors (Lipinski definition) is 1. The molecule has 0 aromatic heterocycles. The van der Waals surface area contributed by atoms with E-state index in [0.29, 0.717) is 0 Å². The molecule has 2 bridgehead atoms. The Morgan fingerprint density at radius 2 is 1.61 bits per heavy atom. The van der Waals surface area contributed by atoms with E-state index in [2.05, 4.69) is 17.4 Å². The quantitative estimate of drug-likeness (QED) is 0.852. The van der Waals surface area contributed by atoms with Crippen LogP contribution in [0.5, 0.6) is 0 Å². The Kier molecular flexibility index (Phi) is 2.89. The Labute approximate surface area is 107 Å². The third-order valence-electron chi connectivity index (χ3n) is 5.06. The highest BCUT2D eigenvalue weighted by Crippen LogP contribution is 2.49. The number of benzene rings is 1. The molecule has 0 aliphatic heterocycles. The predicted octanol–water partition coefficient (Wildman–Crippen LogP) is 3.03. The van der Waals surface area contributed by atoms with Crippen molar-refractivity contribution in [1.29, 1.82) is 0 Å². The third kappa shape index (κ3) is 1.53. The zero-order valence-corrected chi connectivity index (χ0v) is 10.6. The summed E-state index contributed by atoms with van der Waals surface area (Å²) in [7, 11) is 1.70. The van der Waals surface area contributed by atoms with Crippen LogP contribution >= 0.6 is 0 Å². The number of rotatable bonds is 2. The summed E-state index contributed by atoms with van der Waals surface area (Å²) in [5, 5.41) is 3.00. The molecule has 1 aromatic carbocycles. The molecule has 2 atom stereocenters. The second kappa shape index (κ2) is 4.30. The minimum absolute atomic E-state index is 0.0659. The molecule has 2 aliphatic carbocycles. The fourth-order valence-electron chi connectivity index (χ4n) is 4.12. The fraction of sp³-hybridized carbons (Fsp3) is 0.600. The van der Waals surface area contributed by atoms with Crippen LogP contribution in [0, 0.1) is 11.8 Å². The number of halogens is 2. The van der Waals surface area contributed by atoms with Crippen molar-refractivity contribution in [2.45, 2.75) is 37.6 Å². The number of fused-ring (bicyclic) bond motifs is 3. The van der Waals surface area contributed by atoms with E-state index in [9.17, 15) is 8.78 Å². The minimum Gasteiger partial charge on any atom is -0.309 e. The molecule has 0 radical (unpaired) electrons. The Morgan fingerprint density at radius 1 is 1.11 bits per heavy atom. The molecule has 3 rings (SSSR count). The van der Waals surface area contributed by atoms with Crippen molar-refractivity contribution in [2.75, 3.05) is 7.05 Å². The highest BCUT2D eigenvalue weighted by molar-refractivity contribution is 5.32. The van der Waals surface area contributed by atoms with Crippen molar-refractivity contribution in [2.24, 2.45) is 11.8 Å². The maximum atomic E-state index is 13.7. The molecule has 0 heterocycles.